The Hall–Kier alpha value is -3.31. The summed E-state index contributed by atoms with van der Waals surface area (Å²) >= 11 is 5.90. The smallest absolute Gasteiger partial charge is 0.291 e. The number of nitrogens with one attached hydrogen (secondary N) is 2. The molecular weight excluding hydrogens is 364 g/mol. The Morgan fingerprint density at radius 1 is 1.04 bits per heavy atom. The van der Waals surface area contributed by atoms with Gasteiger partial charge in [0.1, 0.15) is 5.70 Å². The highest BCUT2D eigenvalue weighted by atomic mass is 35.5. The van der Waals surface area contributed by atoms with Gasteiger partial charge < -0.3 is 15.1 Å². The molecule has 0 fully saturated rings. The van der Waals surface area contributed by atoms with Crippen molar-refractivity contribution in [2.24, 2.45) is 0 Å². The van der Waals surface area contributed by atoms with E-state index in [9.17, 15) is 9.59 Å². The standard InChI is InChI=1S/C21H17ClN2O3/c1-14-4-2-5-17(12-14)23-20(25)18(13-15-7-9-16(22)10-8-15)24-21(26)19-6-3-11-27-19/h2-13H,1H3,(H,23,25)(H,24,26). The molecule has 2 amide bonds. The number of benzene rings is 2. The van der Waals surface area contributed by atoms with Crippen LogP contribution in [-0.4, -0.2) is 11.8 Å². The zero-order valence-electron chi connectivity index (χ0n) is 14.5. The van der Waals surface area contributed by atoms with Crippen LogP contribution in [0.1, 0.15) is 21.7 Å². The molecule has 0 aliphatic carbocycles. The van der Waals surface area contributed by atoms with Gasteiger partial charge in [-0.2, -0.15) is 0 Å². The van der Waals surface area contributed by atoms with Crippen LogP contribution in [0, 0.1) is 6.92 Å². The molecule has 1 heterocycles. The number of carbonyl (C=O) groups is 2. The highest BCUT2D eigenvalue weighted by molar-refractivity contribution is 6.30. The number of amides is 2. The third kappa shape index (κ3) is 5.09. The SMILES string of the molecule is Cc1cccc(NC(=O)C(=Cc2ccc(Cl)cc2)NC(=O)c2ccco2)c1. The van der Waals surface area contributed by atoms with Crippen molar-refractivity contribution < 1.29 is 14.0 Å². The van der Waals surface area contributed by atoms with Gasteiger partial charge in [-0.15, -0.1) is 0 Å². The Morgan fingerprint density at radius 2 is 1.81 bits per heavy atom. The first-order valence-electron chi connectivity index (χ1n) is 8.21. The van der Waals surface area contributed by atoms with Crippen LogP contribution in [0.3, 0.4) is 0 Å². The van der Waals surface area contributed by atoms with Gasteiger partial charge >= 0.3 is 0 Å². The minimum atomic E-state index is -0.514. The van der Waals surface area contributed by atoms with Crippen molar-refractivity contribution in [1.29, 1.82) is 0 Å². The molecule has 5 nitrogen and oxygen atoms in total. The Labute approximate surface area is 161 Å². The fraction of sp³-hybridized carbons (Fsp3) is 0.0476. The predicted molar refractivity (Wildman–Crippen MR) is 105 cm³/mol. The number of aryl methyl sites for hydroxylation is 1. The molecule has 0 unspecified atom stereocenters. The molecule has 0 atom stereocenters. The van der Waals surface area contributed by atoms with Crippen LogP contribution < -0.4 is 10.6 Å². The molecule has 136 valence electrons. The number of halogens is 1. The molecule has 2 aromatic carbocycles. The van der Waals surface area contributed by atoms with Gasteiger partial charge in [-0.05, 0) is 60.5 Å². The molecule has 0 saturated heterocycles. The maximum Gasteiger partial charge on any atom is 0.291 e. The van der Waals surface area contributed by atoms with Gasteiger partial charge in [-0.25, -0.2) is 0 Å². The molecule has 3 aromatic rings. The highest BCUT2D eigenvalue weighted by Gasteiger charge is 2.16. The van der Waals surface area contributed by atoms with Crippen molar-refractivity contribution in [3.8, 4) is 0 Å². The Kier molecular flexibility index (Phi) is 5.74. The van der Waals surface area contributed by atoms with E-state index in [0.717, 1.165) is 5.56 Å². The van der Waals surface area contributed by atoms with Crippen molar-refractivity contribution in [2.45, 2.75) is 6.92 Å². The molecule has 0 radical (unpaired) electrons. The molecular formula is C21H17ClN2O3. The summed E-state index contributed by atoms with van der Waals surface area (Å²) in [6, 6.07) is 17.4. The van der Waals surface area contributed by atoms with E-state index >= 15 is 0 Å². The van der Waals surface area contributed by atoms with Crippen molar-refractivity contribution >= 4 is 35.2 Å². The summed E-state index contributed by atoms with van der Waals surface area (Å²) < 4.78 is 5.09. The van der Waals surface area contributed by atoms with E-state index in [1.54, 1.807) is 42.5 Å². The van der Waals surface area contributed by atoms with Crippen LogP contribution in [0.2, 0.25) is 5.02 Å². The summed E-state index contributed by atoms with van der Waals surface area (Å²) in [7, 11) is 0. The van der Waals surface area contributed by atoms with E-state index < -0.39 is 11.8 Å². The maximum atomic E-state index is 12.7. The fourth-order valence-corrected chi connectivity index (χ4v) is 2.52. The normalized spacial score (nSPS) is 11.1. The molecule has 3 rings (SSSR count). The first kappa shape index (κ1) is 18.5. The molecule has 0 aliphatic rings. The molecule has 6 heteroatoms. The fourth-order valence-electron chi connectivity index (χ4n) is 2.40. The first-order chi connectivity index (χ1) is 13.0. The molecule has 0 aliphatic heterocycles. The second-order valence-electron chi connectivity index (χ2n) is 5.86. The summed E-state index contributed by atoms with van der Waals surface area (Å²) in [5, 5.41) is 5.97. The van der Waals surface area contributed by atoms with Gasteiger partial charge in [0, 0.05) is 10.7 Å². The van der Waals surface area contributed by atoms with Crippen molar-refractivity contribution in [2.75, 3.05) is 5.32 Å². The second kappa shape index (κ2) is 8.38. The molecule has 1 aromatic heterocycles. The highest BCUT2D eigenvalue weighted by Crippen LogP contribution is 2.15. The molecule has 27 heavy (non-hydrogen) atoms. The molecule has 0 bridgehead atoms. The summed E-state index contributed by atoms with van der Waals surface area (Å²) in [6.45, 7) is 1.93. The van der Waals surface area contributed by atoms with E-state index in [-0.39, 0.29) is 11.5 Å². The summed E-state index contributed by atoms with van der Waals surface area (Å²) in [6.07, 6.45) is 2.96. The zero-order chi connectivity index (χ0) is 19.2. The number of hydrogen-bond donors (Lipinski definition) is 2. The number of hydrogen-bond acceptors (Lipinski definition) is 3. The minimum Gasteiger partial charge on any atom is -0.459 e. The van der Waals surface area contributed by atoms with Crippen molar-refractivity contribution in [1.82, 2.24) is 5.32 Å². The quantitative estimate of drug-likeness (QED) is 0.633. The predicted octanol–water partition coefficient (Wildman–Crippen LogP) is 4.65. The Balaban J connectivity index is 1.87. The topological polar surface area (TPSA) is 71.3 Å². The lowest BCUT2D eigenvalue weighted by molar-refractivity contribution is -0.113. The van der Waals surface area contributed by atoms with Gasteiger partial charge in [0.25, 0.3) is 11.8 Å². The van der Waals surface area contributed by atoms with E-state index in [1.165, 1.54) is 12.3 Å². The maximum absolute atomic E-state index is 12.7. The number of rotatable bonds is 5. The zero-order valence-corrected chi connectivity index (χ0v) is 15.3. The van der Waals surface area contributed by atoms with Gasteiger partial charge in [-0.1, -0.05) is 35.9 Å². The average molecular weight is 381 g/mol. The average Bonchev–Trinajstić information content (AvgIpc) is 3.18. The summed E-state index contributed by atoms with van der Waals surface area (Å²) in [4.78, 5) is 25.1. The summed E-state index contributed by atoms with van der Waals surface area (Å²) in [5.74, 6) is -0.851. The Morgan fingerprint density at radius 3 is 2.48 bits per heavy atom. The van der Waals surface area contributed by atoms with Crippen molar-refractivity contribution in [3.63, 3.8) is 0 Å². The van der Waals surface area contributed by atoms with E-state index in [2.05, 4.69) is 10.6 Å². The third-order valence-corrected chi connectivity index (χ3v) is 3.95. The van der Waals surface area contributed by atoms with Gasteiger partial charge in [0.05, 0.1) is 6.26 Å². The van der Waals surface area contributed by atoms with E-state index in [4.69, 9.17) is 16.0 Å². The molecule has 0 spiro atoms. The third-order valence-electron chi connectivity index (χ3n) is 3.69. The number of anilines is 1. The van der Waals surface area contributed by atoms with Crippen LogP contribution in [-0.2, 0) is 4.79 Å². The van der Waals surface area contributed by atoms with Crippen molar-refractivity contribution in [3.05, 3.63) is 94.5 Å². The van der Waals surface area contributed by atoms with Crippen LogP contribution in [0.15, 0.2) is 77.0 Å². The van der Waals surface area contributed by atoms with E-state index in [1.807, 2.05) is 25.1 Å². The molecule has 2 N–H and O–H groups in total. The number of furan rings is 1. The van der Waals surface area contributed by atoms with Crippen LogP contribution >= 0.6 is 11.6 Å². The Bertz CT molecular complexity index is 977. The van der Waals surface area contributed by atoms with Crippen LogP contribution in [0.25, 0.3) is 6.08 Å². The van der Waals surface area contributed by atoms with E-state index in [0.29, 0.717) is 16.3 Å². The van der Waals surface area contributed by atoms with Crippen LogP contribution in [0.5, 0.6) is 0 Å². The second-order valence-corrected chi connectivity index (χ2v) is 6.30. The van der Waals surface area contributed by atoms with Crippen LogP contribution in [0.4, 0.5) is 5.69 Å². The monoisotopic (exact) mass is 380 g/mol. The van der Waals surface area contributed by atoms with Gasteiger partial charge in [0.15, 0.2) is 5.76 Å². The minimum absolute atomic E-state index is 0.0835. The number of carbonyl (C=O) groups excluding carboxylic acids is 2. The summed E-state index contributed by atoms with van der Waals surface area (Å²) in [5.41, 5.74) is 2.44. The van der Waals surface area contributed by atoms with Gasteiger partial charge in [0.2, 0.25) is 0 Å². The lowest BCUT2D eigenvalue weighted by Crippen LogP contribution is -2.30. The largest absolute Gasteiger partial charge is 0.459 e. The molecule has 0 saturated carbocycles. The lowest BCUT2D eigenvalue weighted by atomic mass is 10.1. The first-order valence-corrected chi connectivity index (χ1v) is 8.59. The lowest BCUT2D eigenvalue weighted by Gasteiger charge is -2.11. The van der Waals surface area contributed by atoms with Gasteiger partial charge in [-0.3, -0.25) is 9.59 Å².